The SMILES string of the molecule is Cc1ccc(F)c(Nc2cc(F)cc(C#N)c2)c1. The molecule has 0 aliphatic heterocycles. The summed E-state index contributed by atoms with van der Waals surface area (Å²) in [6.07, 6.45) is 0. The number of nitrogens with one attached hydrogen (secondary N) is 1. The van der Waals surface area contributed by atoms with Gasteiger partial charge in [-0.2, -0.15) is 5.26 Å². The Balaban J connectivity index is 2.37. The lowest BCUT2D eigenvalue weighted by Gasteiger charge is -2.09. The zero-order chi connectivity index (χ0) is 13.1. The van der Waals surface area contributed by atoms with Gasteiger partial charge in [0.1, 0.15) is 11.6 Å². The zero-order valence-electron chi connectivity index (χ0n) is 9.67. The minimum Gasteiger partial charge on any atom is -0.353 e. The molecule has 1 N–H and O–H groups in total. The highest BCUT2D eigenvalue weighted by molar-refractivity contribution is 5.62. The topological polar surface area (TPSA) is 35.8 Å². The number of rotatable bonds is 2. The Morgan fingerprint density at radius 1 is 1.11 bits per heavy atom. The maximum atomic E-state index is 13.5. The van der Waals surface area contributed by atoms with E-state index in [1.54, 1.807) is 12.1 Å². The Morgan fingerprint density at radius 2 is 1.89 bits per heavy atom. The summed E-state index contributed by atoms with van der Waals surface area (Å²) < 4.78 is 26.7. The van der Waals surface area contributed by atoms with Gasteiger partial charge in [0.05, 0.1) is 17.3 Å². The lowest BCUT2D eigenvalue weighted by Crippen LogP contribution is -1.95. The molecule has 90 valence electrons. The van der Waals surface area contributed by atoms with Crippen molar-refractivity contribution < 1.29 is 8.78 Å². The van der Waals surface area contributed by atoms with Crippen molar-refractivity contribution in [2.45, 2.75) is 6.92 Å². The van der Waals surface area contributed by atoms with Crippen LogP contribution in [-0.2, 0) is 0 Å². The molecule has 0 spiro atoms. The zero-order valence-corrected chi connectivity index (χ0v) is 9.67. The highest BCUT2D eigenvalue weighted by Gasteiger charge is 2.05. The standard InChI is InChI=1S/C14H10F2N2/c1-9-2-3-13(16)14(4-9)18-12-6-10(8-17)5-11(15)7-12/h2-7,18H,1H3. The summed E-state index contributed by atoms with van der Waals surface area (Å²) in [6.45, 7) is 1.83. The van der Waals surface area contributed by atoms with Crippen LogP contribution in [0.25, 0.3) is 0 Å². The van der Waals surface area contributed by atoms with Crippen molar-refractivity contribution in [3.8, 4) is 6.07 Å². The molecule has 18 heavy (non-hydrogen) atoms. The van der Waals surface area contributed by atoms with Crippen LogP contribution < -0.4 is 5.32 Å². The number of nitrogens with zero attached hydrogens (tertiary/aromatic N) is 1. The summed E-state index contributed by atoms with van der Waals surface area (Å²) in [5, 5.41) is 11.5. The number of nitriles is 1. The molecule has 0 radical (unpaired) electrons. The maximum Gasteiger partial charge on any atom is 0.146 e. The summed E-state index contributed by atoms with van der Waals surface area (Å²) in [4.78, 5) is 0. The molecule has 0 saturated heterocycles. The van der Waals surface area contributed by atoms with E-state index in [1.807, 2.05) is 13.0 Å². The molecular formula is C14H10F2N2. The molecule has 0 unspecified atom stereocenters. The second-order valence-corrected chi connectivity index (χ2v) is 3.95. The number of anilines is 2. The third-order valence-electron chi connectivity index (χ3n) is 2.43. The first-order chi connectivity index (χ1) is 8.58. The van der Waals surface area contributed by atoms with Crippen LogP contribution in [0, 0.1) is 29.9 Å². The number of hydrogen-bond donors (Lipinski definition) is 1. The maximum absolute atomic E-state index is 13.5. The van der Waals surface area contributed by atoms with Gasteiger partial charge in [0.25, 0.3) is 0 Å². The minimum atomic E-state index is -0.537. The second kappa shape index (κ2) is 4.84. The molecule has 0 aromatic heterocycles. The third-order valence-corrected chi connectivity index (χ3v) is 2.43. The first-order valence-electron chi connectivity index (χ1n) is 5.32. The van der Waals surface area contributed by atoms with Gasteiger partial charge in [0.15, 0.2) is 0 Å². The summed E-state index contributed by atoms with van der Waals surface area (Å²) in [5.74, 6) is -0.965. The fraction of sp³-hybridized carbons (Fsp3) is 0.0714. The normalized spacial score (nSPS) is 9.89. The Bertz CT molecular complexity index is 630. The summed E-state index contributed by atoms with van der Waals surface area (Å²) in [7, 11) is 0. The smallest absolute Gasteiger partial charge is 0.146 e. The molecule has 2 rings (SSSR count). The first-order valence-corrected chi connectivity index (χ1v) is 5.32. The van der Waals surface area contributed by atoms with Gasteiger partial charge in [0, 0.05) is 5.69 Å². The van der Waals surface area contributed by atoms with Gasteiger partial charge in [-0.15, -0.1) is 0 Å². The Labute approximate surface area is 103 Å². The Morgan fingerprint density at radius 3 is 2.61 bits per heavy atom. The molecular weight excluding hydrogens is 234 g/mol. The van der Waals surface area contributed by atoms with Gasteiger partial charge in [-0.25, -0.2) is 8.78 Å². The highest BCUT2D eigenvalue weighted by Crippen LogP contribution is 2.22. The molecule has 0 amide bonds. The molecule has 0 saturated carbocycles. The number of benzene rings is 2. The number of hydrogen-bond acceptors (Lipinski definition) is 2. The highest BCUT2D eigenvalue weighted by atomic mass is 19.1. The molecule has 2 aromatic rings. The number of halogens is 2. The molecule has 0 aliphatic carbocycles. The van der Waals surface area contributed by atoms with Gasteiger partial charge in [-0.05, 0) is 42.8 Å². The van der Waals surface area contributed by atoms with E-state index < -0.39 is 11.6 Å². The first kappa shape index (κ1) is 12.1. The summed E-state index contributed by atoms with van der Waals surface area (Å²) in [6, 6.07) is 10.2. The Kier molecular flexibility index (Phi) is 3.24. The molecule has 2 nitrogen and oxygen atoms in total. The van der Waals surface area contributed by atoms with Crippen LogP contribution >= 0.6 is 0 Å². The number of aryl methyl sites for hydroxylation is 1. The second-order valence-electron chi connectivity index (χ2n) is 3.95. The van der Waals surface area contributed by atoms with E-state index in [-0.39, 0.29) is 11.3 Å². The molecule has 0 aliphatic rings. The van der Waals surface area contributed by atoms with Crippen molar-refractivity contribution in [2.24, 2.45) is 0 Å². The van der Waals surface area contributed by atoms with Crippen molar-refractivity contribution in [2.75, 3.05) is 5.32 Å². The molecule has 4 heteroatoms. The molecule has 0 bridgehead atoms. The fourth-order valence-electron chi connectivity index (χ4n) is 1.62. The summed E-state index contributed by atoms with van der Waals surface area (Å²) in [5.41, 5.74) is 1.67. The van der Waals surface area contributed by atoms with Gasteiger partial charge in [0.2, 0.25) is 0 Å². The van der Waals surface area contributed by atoms with E-state index in [9.17, 15) is 8.78 Å². The van der Waals surface area contributed by atoms with E-state index in [0.29, 0.717) is 5.69 Å². The van der Waals surface area contributed by atoms with E-state index in [2.05, 4.69) is 5.32 Å². The Hall–Kier alpha value is -2.41. The van der Waals surface area contributed by atoms with Crippen LogP contribution in [-0.4, -0.2) is 0 Å². The van der Waals surface area contributed by atoms with E-state index >= 15 is 0 Å². The fourth-order valence-corrected chi connectivity index (χ4v) is 1.62. The van der Waals surface area contributed by atoms with Crippen LogP contribution in [0.5, 0.6) is 0 Å². The van der Waals surface area contributed by atoms with E-state index in [1.165, 1.54) is 18.2 Å². The van der Waals surface area contributed by atoms with E-state index in [4.69, 9.17) is 5.26 Å². The van der Waals surface area contributed by atoms with Crippen molar-refractivity contribution >= 4 is 11.4 Å². The third kappa shape index (κ3) is 2.64. The van der Waals surface area contributed by atoms with Crippen LogP contribution in [0.15, 0.2) is 36.4 Å². The van der Waals surface area contributed by atoms with Crippen molar-refractivity contribution in [3.05, 3.63) is 59.2 Å². The predicted molar refractivity (Wildman–Crippen MR) is 65.5 cm³/mol. The van der Waals surface area contributed by atoms with Crippen LogP contribution in [0.4, 0.5) is 20.2 Å². The average Bonchev–Trinajstić information content (AvgIpc) is 2.33. The molecule has 0 heterocycles. The van der Waals surface area contributed by atoms with Crippen LogP contribution in [0.3, 0.4) is 0 Å². The molecule has 2 aromatic carbocycles. The van der Waals surface area contributed by atoms with Crippen molar-refractivity contribution in [1.29, 1.82) is 5.26 Å². The quantitative estimate of drug-likeness (QED) is 0.869. The lowest BCUT2D eigenvalue weighted by atomic mass is 10.2. The van der Waals surface area contributed by atoms with E-state index in [0.717, 1.165) is 11.6 Å². The average molecular weight is 244 g/mol. The van der Waals surface area contributed by atoms with Crippen LogP contribution in [0.2, 0.25) is 0 Å². The molecule has 0 fully saturated rings. The predicted octanol–water partition coefficient (Wildman–Crippen LogP) is 3.89. The van der Waals surface area contributed by atoms with Gasteiger partial charge < -0.3 is 5.32 Å². The monoisotopic (exact) mass is 244 g/mol. The summed E-state index contributed by atoms with van der Waals surface area (Å²) >= 11 is 0. The van der Waals surface area contributed by atoms with Gasteiger partial charge in [-0.1, -0.05) is 6.07 Å². The minimum absolute atomic E-state index is 0.186. The van der Waals surface area contributed by atoms with Gasteiger partial charge >= 0.3 is 0 Å². The van der Waals surface area contributed by atoms with Gasteiger partial charge in [-0.3, -0.25) is 0 Å². The van der Waals surface area contributed by atoms with Crippen LogP contribution in [0.1, 0.15) is 11.1 Å². The lowest BCUT2D eigenvalue weighted by molar-refractivity contribution is 0.626. The van der Waals surface area contributed by atoms with Crippen molar-refractivity contribution in [3.63, 3.8) is 0 Å². The largest absolute Gasteiger partial charge is 0.353 e. The van der Waals surface area contributed by atoms with Crippen molar-refractivity contribution in [1.82, 2.24) is 0 Å². The molecule has 0 atom stereocenters.